The lowest BCUT2D eigenvalue weighted by Crippen LogP contribution is -2.03. The maximum absolute atomic E-state index is 6.02. The van der Waals surface area contributed by atoms with Gasteiger partial charge in [0.1, 0.15) is 0 Å². The van der Waals surface area contributed by atoms with Gasteiger partial charge in [-0.15, -0.1) is 5.10 Å². The van der Waals surface area contributed by atoms with Crippen LogP contribution in [-0.2, 0) is 6.42 Å². The van der Waals surface area contributed by atoms with E-state index in [-0.39, 0.29) is 0 Å². The highest BCUT2D eigenvalue weighted by atomic mass is 35.5. The van der Waals surface area contributed by atoms with E-state index >= 15 is 0 Å². The van der Waals surface area contributed by atoms with Crippen LogP contribution in [0.5, 0.6) is 0 Å². The third-order valence-corrected chi connectivity index (χ3v) is 4.13. The summed E-state index contributed by atoms with van der Waals surface area (Å²) in [5, 5.41) is 15.3. The largest absolute Gasteiger partial charge is 0.339 e. The van der Waals surface area contributed by atoms with Crippen molar-refractivity contribution in [2.24, 2.45) is 0 Å². The number of hydrogen-bond donors (Lipinski definition) is 2. The van der Waals surface area contributed by atoms with Crippen molar-refractivity contribution in [3.8, 4) is 0 Å². The smallest absolute Gasteiger partial charge is 0.249 e. The van der Waals surface area contributed by atoms with E-state index in [1.165, 1.54) is 5.56 Å². The molecule has 0 atom stereocenters. The number of aromatic nitrogens is 3. The van der Waals surface area contributed by atoms with Crippen LogP contribution in [0.1, 0.15) is 12.5 Å². The molecule has 0 radical (unpaired) electrons. The van der Waals surface area contributed by atoms with E-state index in [0.717, 1.165) is 17.8 Å². The number of anilines is 4. The van der Waals surface area contributed by atoms with E-state index in [4.69, 9.17) is 23.2 Å². The molecule has 0 fully saturated rings. The van der Waals surface area contributed by atoms with E-state index in [1.807, 2.05) is 24.3 Å². The zero-order chi connectivity index (χ0) is 16.9. The van der Waals surface area contributed by atoms with Crippen LogP contribution in [0.2, 0.25) is 10.0 Å². The Morgan fingerprint density at radius 2 is 1.83 bits per heavy atom. The van der Waals surface area contributed by atoms with Crippen LogP contribution < -0.4 is 10.6 Å². The van der Waals surface area contributed by atoms with Gasteiger partial charge in [0, 0.05) is 11.4 Å². The van der Waals surface area contributed by atoms with E-state index in [0.29, 0.717) is 21.8 Å². The molecule has 1 heterocycles. The van der Waals surface area contributed by atoms with Gasteiger partial charge in [-0.2, -0.15) is 10.1 Å². The molecule has 0 aliphatic rings. The molecule has 122 valence electrons. The Hall–Kier alpha value is -2.37. The number of nitrogens with one attached hydrogen (secondary N) is 2. The summed E-state index contributed by atoms with van der Waals surface area (Å²) in [6.07, 6.45) is 2.46. The summed E-state index contributed by atoms with van der Waals surface area (Å²) in [5.74, 6) is 0.973. The lowest BCUT2D eigenvalue weighted by molar-refractivity contribution is 0.980. The second-order valence-electron chi connectivity index (χ2n) is 5.05. The molecule has 1 aromatic heterocycles. The maximum Gasteiger partial charge on any atom is 0.249 e. The maximum atomic E-state index is 6.02. The monoisotopic (exact) mass is 359 g/mol. The van der Waals surface area contributed by atoms with Gasteiger partial charge in [-0.1, -0.05) is 48.3 Å². The Labute approximate surface area is 150 Å². The zero-order valence-corrected chi connectivity index (χ0v) is 14.4. The standard InChI is InChI=1S/C17H15Cl2N5/c1-2-11-5-3-4-6-15(11)22-17-23-16(10-20-24-17)21-12-7-8-13(18)14(19)9-12/h3-10H,2H2,1H3,(H2,21,22,23,24). The normalized spacial score (nSPS) is 10.5. The van der Waals surface area contributed by atoms with Crippen molar-refractivity contribution in [1.82, 2.24) is 15.2 Å². The molecule has 0 saturated carbocycles. The van der Waals surface area contributed by atoms with Crippen molar-refractivity contribution < 1.29 is 0 Å². The van der Waals surface area contributed by atoms with E-state index in [9.17, 15) is 0 Å². The van der Waals surface area contributed by atoms with Crippen molar-refractivity contribution in [3.63, 3.8) is 0 Å². The molecule has 5 nitrogen and oxygen atoms in total. The highest BCUT2D eigenvalue weighted by Crippen LogP contribution is 2.26. The second kappa shape index (κ2) is 7.47. The molecule has 0 aliphatic heterocycles. The van der Waals surface area contributed by atoms with Crippen LogP contribution in [0.3, 0.4) is 0 Å². The lowest BCUT2D eigenvalue weighted by Gasteiger charge is -2.10. The van der Waals surface area contributed by atoms with Crippen LogP contribution in [-0.4, -0.2) is 15.2 Å². The first-order valence-corrected chi connectivity index (χ1v) is 8.18. The summed E-state index contributed by atoms with van der Waals surface area (Å²) in [7, 11) is 0. The van der Waals surface area contributed by atoms with Crippen LogP contribution in [0, 0.1) is 0 Å². The molecule has 2 aromatic carbocycles. The van der Waals surface area contributed by atoms with E-state index in [2.05, 4.69) is 38.8 Å². The minimum Gasteiger partial charge on any atom is -0.339 e. The minimum atomic E-state index is 0.418. The predicted molar refractivity (Wildman–Crippen MR) is 98.7 cm³/mol. The topological polar surface area (TPSA) is 62.7 Å². The van der Waals surface area contributed by atoms with Gasteiger partial charge in [0.05, 0.1) is 16.2 Å². The third-order valence-electron chi connectivity index (χ3n) is 3.40. The van der Waals surface area contributed by atoms with E-state index < -0.39 is 0 Å². The van der Waals surface area contributed by atoms with Crippen molar-refractivity contribution in [1.29, 1.82) is 0 Å². The highest BCUT2D eigenvalue weighted by molar-refractivity contribution is 6.42. The summed E-state index contributed by atoms with van der Waals surface area (Å²) < 4.78 is 0. The van der Waals surface area contributed by atoms with Crippen LogP contribution in [0.25, 0.3) is 0 Å². The van der Waals surface area contributed by atoms with Crippen molar-refractivity contribution in [2.45, 2.75) is 13.3 Å². The van der Waals surface area contributed by atoms with Crippen molar-refractivity contribution >= 4 is 46.3 Å². The summed E-state index contributed by atoms with van der Waals surface area (Å²) >= 11 is 11.9. The summed E-state index contributed by atoms with van der Waals surface area (Å²) in [5.41, 5.74) is 2.92. The molecule has 2 N–H and O–H groups in total. The van der Waals surface area contributed by atoms with Crippen molar-refractivity contribution in [3.05, 3.63) is 64.3 Å². The Balaban J connectivity index is 1.80. The Morgan fingerprint density at radius 1 is 1.00 bits per heavy atom. The lowest BCUT2D eigenvalue weighted by atomic mass is 10.1. The quantitative estimate of drug-likeness (QED) is 0.653. The summed E-state index contributed by atoms with van der Waals surface area (Å²) in [6, 6.07) is 13.3. The summed E-state index contributed by atoms with van der Waals surface area (Å²) in [6.45, 7) is 2.10. The Kier molecular flexibility index (Phi) is 5.13. The first-order chi connectivity index (χ1) is 11.7. The van der Waals surface area contributed by atoms with Gasteiger partial charge in [0.25, 0.3) is 0 Å². The van der Waals surface area contributed by atoms with Gasteiger partial charge in [0.2, 0.25) is 5.95 Å². The average Bonchev–Trinajstić information content (AvgIpc) is 2.59. The molecular formula is C17H15Cl2N5. The fraction of sp³-hybridized carbons (Fsp3) is 0.118. The van der Waals surface area contributed by atoms with Crippen LogP contribution in [0.15, 0.2) is 48.7 Å². The molecule has 0 bridgehead atoms. The van der Waals surface area contributed by atoms with Gasteiger partial charge in [0.15, 0.2) is 5.82 Å². The van der Waals surface area contributed by atoms with E-state index in [1.54, 1.807) is 18.3 Å². The fourth-order valence-electron chi connectivity index (χ4n) is 2.21. The van der Waals surface area contributed by atoms with Gasteiger partial charge in [-0.3, -0.25) is 0 Å². The molecule has 0 saturated heterocycles. The molecular weight excluding hydrogens is 345 g/mol. The predicted octanol–water partition coefficient (Wildman–Crippen LogP) is 5.23. The first-order valence-electron chi connectivity index (χ1n) is 7.42. The Bertz CT molecular complexity index is 854. The van der Waals surface area contributed by atoms with Crippen LogP contribution >= 0.6 is 23.2 Å². The molecule has 24 heavy (non-hydrogen) atoms. The molecule has 3 aromatic rings. The average molecular weight is 360 g/mol. The van der Waals surface area contributed by atoms with Gasteiger partial charge < -0.3 is 10.6 Å². The molecule has 0 aliphatic carbocycles. The molecule has 3 rings (SSSR count). The second-order valence-corrected chi connectivity index (χ2v) is 5.87. The SMILES string of the molecule is CCc1ccccc1Nc1nncc(Nc2ccc(Cl)c(Cl)c2)n1. The fourth-order valence-corrected chi connectivity index (χ4v) is 2.51. The Morgan fingerprint density at radius 3 is 2.62 bits per heavy atom. The van der Waals surface area contributed by atoms with Crippen molar-refractivity contribution in [2.75, 3.05) is 10.6 Å². The number of benzene rings is 2. The molecule has 0 amide bonds. The van der Waals surface area contributed by atoms with Crippen LogP contribution in [0.4, 0.5) is 23.1 Å². The summed E-state index contributed by atoms with van der Waals surface area (Å²) in [4.78, 5) is 4.42. The van der Waals surface area contributed by atoms with Gasteiger partial charge in [-0.05, 0) is 36.2 Å². The molecule has 7 heteroatoms. The third kappa shape index (κ3) is 3.93. The number of hydrogen-bond acceptors (Lipinski definition) is 5. The number of para-hydroxylation sites is 1. The minimum absolute atomic E-state index is 0.418. The number of nitrogens with zero attached hydrogens (tertiary/aromatic N) is 3. The first kappa shape index (κ1) is 16.5. The number of halogens is 2. The molecule has 0 unspecified atom stereocenters. The zero-order valence-electron chi connectivity index (χ0n) is 12.9. The van der Waals surface area contributed by atoms with Gasteiger partial charge in [-0.25, -0.2) is 0 Å². The highest BCUT2D eigenvalue weighted by Gasteiger charge is 2.06. The number of rotatable bonds is 5. The molecule has 0 spiro atoms. The van der Waals surface area contributed by atoms with Gasteiger partial charge >= 0.3 is 0 Å². The number of aryl methyl sites for hydroxylation is 1.